The number of halogens is 6. The zero-order valence-electron chi connectivity index (χ0n) is 24.7. The third-order valence-electron chi connectivity index (χ3n) is 9.80. The van der Waals surface area contributed by atoms with E-state index in [9.17, 15) is 22.8 Å². The predicted octanol–water partition coefficient (Wildman–Crippen LogP) is 8.02. The summed E-state index contributed by atoms with van der Waals surface area (Å²) in [7, 11) is 0. The van der Waals surface area contributed by atoms with Gasteiger partial charge in [-0.3, -0.25) is 9.69 Å². The van der Waals surface area contributed by atoms with Crippen LogP contribution in [-0.2, 0) is 21.6 Å². The van der Waals surface area contributed by atoms with Gasteiger partial charge in [-0.1, -0.05) is 48.8 Å². The maximum atomic E-state index is 16.2. The summed E-state index contributed by atoms with van der Waals surface area (Å²) in [5.74, 6) is -3.40. The van der Waals surface area contributed by atoms with Crippen molar-refractivity contribution in [1.82, 2.24) is 14.5 Å². The lowest BCUT2D eigenvalue weighted by Crippen LogP contribution is -2.53. The first-order chi connectivity index (χ1) is 22.4. The molecule has 1 aromatic heterocycles. The Kier molecular flexibility index (Phi) is 7.72. The third-order valence-corrected chi connectivity index (χ3v) is 10.3. The van der Waals surface area contributed by atoms with Crippen LogP contribution >= 0.6 is 23.2 Å². The minimum Gasteiger partial charge on any atom is -0.462 e. The number of hydrogen-bond donors (Lipinski definition) is 1. The lowest BCUT2D eigenvalue weighted by Gasteiger charge is -2.40. The summed E-state index contributed by atoms with van der Waals surface area (Å²) in [6.07, 6.45) is -3.14. The Balaban J connectivity index is 0.00000364. The number of anilines is 1. The molecule has 1 spiro atoms. The topological polar surface area (TPSA) is 85.7 Å². The van der Waals surface area contributed by atoms with Gasteiger partial charge < -0.3 is 19.4 Å². The van der Waals surface area contributed by atoms with Crippen molar-refractivity contribution in [2.75, 3.05) is 18.5 Å². The molecule has 4 atom stereocenters. The van der Waals surface area contributed by atoms with Gasteiger partial charge >= 0.3 is 12.3 Å². The molecule has 4 heterocycles. The number of alkyl halides is 3. The fourth-order valence-corrected chi connectivity index (χ4v) is 8.31. The molecule has 252 valence electrons. The molecule has 4 aromatic rings. The fourth-order valence-electron chi connectivity index (χ4n) is 7.95. The molecule has 1 saturated heterocycles. The summed E-state index contributed by atoms with van der Waals surface area (Å²) >= 11 is 12.7. The number of aromatic nitrogens is 2. The van der Waals surface area contributed by atoms with Crippen LogP contribution in [0.5, 0.6) is 5.75 Å². The molecule has 2 fully saturated rings. The summed E-state index contributed by atoms with van der Waals surface area (Å²) in [5.41, 5.74) is 0.137. The van der Waals surface area contributed by atoms with Gasteiger partial charge in [0.2, 0.25) is 5.91 Å². The van der Waals surface area contributed by atoms with E-state index in [1.165, 1.54) is 19.1 Å². The molecule has 4 aliphatic rings. The van der Waals surface area contributed by atoms with Crippen molar-refractivity contribution in [3.63, 3.8) is 0 Å². The van der Waals surface area contributed by atoms with Crippen molar-refractivity contribution in [1.29, 1.82) is 0 Å². The number of esters is 1. The smallest absolute Gasteiger partial charge is 0.462 e. The molecule has 0 bridgehead atoms. The highest BCUT2D eigenvalue weighted by molar-refractivity contribution is 6.31. The molecule has 14 heteroatoms. The van der Waals surface area contributed by atoms with Gasteiger partial charge in [0.1, 0.15) is 28.5 Å². The molecule has 48 heavy (non-hydrogen) atoms. The van der Waals surface area contributed by atoms with Crippen LogP contribution in [0.15, 0.2) is 48.5 Å². The molecule has 3 aliphatic heterocycles. The molecule has 0 radical (unpaired) electrons. The van der Waals surface area contributed by atoms with Crippen molar-refractivity contribution in [2.45, 2.75) is 63.5 Å². The van der Waals surface area contributed by atoms with Crippen LogP contribution in [0, 0.1) is 11.7 Å². The van der Waals surface area contributed by atoms with E-state index in [1.54, 1.807) is 34.9 Å². The van der Waals surface area contributed by atoms with Crippen molar-refractivity contribution >= 4 is 51.8 Å². The van der Waals surface area contributed by atoms with E-state index >= 15 is 4.39 Å². The maximum Gasteiger partial charge on any atom is 0.573 e. The average molecular weight is 706 g/mol. The highest BCUT2D eigenvalue weighted by atomic mass is 35.5. The van der Waals surface area contributed by atoms with Gasteiger partial charge in [0.05, 0.1) is 22.7 Å². The number of rotatable bonds is 6. The summed E-state index contributed by atoms with van der Waals surface area (Å²) in [6, 6.07) is 11.8. The van der Waals surface area contributed by atoms with Gasteiger partial charge in [-0.2, -0.15) is 0 Å². The number of fused-ring (bicyclic) bond motifs is 7. The second-order valence-electron chi connectivity index (χ2n) is 12.4. The third kappa shape index (κ3) is 4.78. The lowest BCUT2D eigenvalue weighted by atomic mass is 9.71. The van der Waals surface area contributed by atoms with Gasteiger partial charge in [-0.15, -0.1) is 13.2 Å². The molecule has 1 aliphatic carbocycles. The first-order valence-corrected chi connectivity index (χ1v) is 16.0. The minimum atomic E-state index is -5.08. The van der Waals surface area contributed by atoms with E-state index in [4.69, 9.17) is 32.9 Å². The molecule has 1 saturated carbocycles. The Morgan fingerprint density at radius 1 is 1.15 bits per heavy atom. The summed E-state index contributed by atoms with van der Waals surface area (Å²) in [5, 5.41) is 3.33. The van der Waals surface area contributed by atoms with E-state index in [1.807, 2.05) is 0 Å². The highest BCUT2D eigenvalue weighted by Crippen LogP contribution is 2.65. The first-order valence-electron chi connectivity index (χ1n) is 15.2. The minimum absolute atomic E-state index is 0. The molecule has 1 N–H and O–H groups in total. The quantitative estimate of drug-likeness (QED) is 0.162. The number of likely N-dealkylation sites (tertiary alicyclic amines) is 1. The van der Waals surface area contributed by atoms with E-state index in [0.29, 0.717) is 40.1 Å². The van der Waals surface area contributed by atoms with Crippen LogP contribution in [-0.4, -0.2) is 51.9 Å². The number of nitrogens with one attached hydrogen (secondary N) is 1. The summed E-state index contributed by atoms with van der Waals surface area (Å²) < 4.78 is 67.8. The second kappa shape index (κ2) is 11.3. The Morgan fingerprint density at radius 3 is 2.62 bits per heavy atom. The van der Waals surface area contributed by atoms with Crippen LogP contribution in [0.2, 0.25) is 10.0 Å². The number of carbonyl (C=O) groups is 2. The van der Waals surface area contributed by atoms with Crippen LogP contribution in [0.25, 0.3) is 11.0 Å². The van der Waals surface area contributed by atoms with Crippen molar-refractivity contribution in [3.05, 3.63) is 86.9 Å². The fraction of sp³-hybridized carbons (Fsp3) is 0.382. The van der Waals surface area contributed by atoms with Crippen LogP contribution < -0.4 is 10.1 Å². The summed E-state index contributed by atoms with van der Waals surface area (Å²) in [6.45, 7) is 2.25. The van der Waals surface area contributed by atoms with E-state index < -0.39 is 52.9 Å². The normalized spacial score (nSPS) is 24.3. The zero-order chi connectivity index (χ0) is 33.0. The van der Waals surface area contributed by atoms with Crippen LogP contribution in [0.1, 0.15) is 66.3 Å². The molecular weight excluding hydrogens is 675 g/mol. The first kappa shape index (κ1) is 32.7. The van der Waals surface area contributed by atoms with Crippen LogP contribution in [0.4, 0.5) is 23.2 Å². The SMILES string of the molecule is C.CCOC(=O)c1cc2nc3n(c2cc1OC(F)(F)F)C[C@H]1[C@@H]3[C@H](c2cccc(Cl)c2F)[C@]2(C(=O)Nc3cc(Cl)ccc32)N1CC1CC1. The molecule has 1 amide bonds. The Hall–Kier alpha value is -3.87. The van der Waals surface area contributed by atoms with Crippen LogP contribution in [0.3, 0.4) is 0 Å². The largest absolute Gasteiger partial charge is 0.573 e. The predicted molar refractivity (Wildman–Crippen MR) is 171 cm³/mol. The summed E-state index contributed by atoms with van der Waals surface area (Å²) in [4.78, 5) is 34.2. The standard InChI is InChI=1S/C33H26Cl2F4N4O4.CH4/c1-2-46-30(44)18-11-22-23(12-25(18)47-33(37,38)39)42-14-24-26(29(42)40-22)27(17-4-3-5-20(35)28(17)36)32(43(24)13-15-6-7-15)19-9-8-16(34)10-21(19)41-31(32)45;/h3-5,8-12,15,24,26-27H,2,6-7,13-14H2,1H3,(H,41,45);1H4/t24-,26+,27-,32+;/m0./s1. The van der Waals surface area contributed by atoms with E-state index in [-0.39, 0.29) is 42.6 Å². The van der Waals surface area contributed by atoms with Gasteiger partial charge in [0, 0.05) is 53.3 Å². The molecule has 8 nitrogen and oxygen atoms in total. The maximum absolute atomic E-state index is 16.2. The molecular formula is C34H30Cl2F4N4O4. The average Bonchev–Trinajstić information content (AvgIpc) is 3.46. The number of ether oxygens (including phenoxy) is 2. The Labute approximate surface area is 282 Å². The number of imidazole rings is 1. The van der Waals surface area contributed by atoms with E-state index in [2.05, 4.69) is 15.0 Å². The number of hydrogen-bond acceptors (Lipinski definition) is 6. The lowest BCUT2D eigenvalue weighted by molar-refractivity contribution is -0.274. The number of carbonyl (C=O) groups excluding carboxylic acids is 2. The monoisotopic (exact) mass is 704 g/mol. The van der Waals surface area contributed by atoms with Crippen molar-refractivity contribution in [2.24, 2.45) is 5.92 Å². The molecule has 8 rings (SSSR count). The number of benzene rings is 3. The van der Waals surface area contributed by atoms with Gasteiger partial charge in [0.15, 0.2) is 0 Å². The van der Waals surface area contributed by atoms with Crippen molar-refractivity contribution in [3.8, 4) is 5.75 Å². The number of amides is 1. The van der Waals surface area contributed by atoms with Crippen molar-refractivity contribution < 1.29 is 36.6 Å². The highest BCUT2D eigenvalue weighted by Gasteiger charge is 2.70. The van der Waals surface area contributed by atoms with Gasteiger partial charge in [0.25, 0.3) is 0 Å². The number of nitrogens with zero attached hydrogens (tertiary/aromatic N) is 3. The molecule has 3 aromatic carbocycles. The van der Waals surface area contributed by atoms with Gasteiger partial charge in [-0.25, -0.2) is 14.2 Å². The Bertz CT molecular complexity index is 2000. The second-order valence-corrected chi connectivity index (χ2v) is 13.2. The zero-order valence-corrected chi connectivity index (χ0v) is 26.2. The van der Waals surface area contributed by atoms with Gasteiger partial charge in [-0.05, 0) is 55.5 Å². The van der Waals surface area contributed by atoms with E-state index in [0.717, 1.165) is 18.9 Å². The Morgan fingerprint density at radius 2 is 1.92 bits per heavy atom. The molecule has 0 unspecified atom stereocenters.